The van der Waals surface area contributed by atoms with Gasteiger partial charge in [-0.15, -0.1) is 0 Å². The largest absolute Gasteiger partial charge is 0.376 e. The minimum Gasteiger partial charge on any atom is -0.376 e. The van der Waals surface area contributed by atoms with Crippen LogP contribution in [0.15, 0.2) is 0 Å². The zero-order valence-electron chi connectivity index (χ0n) is 13.9. The molecule has 3 fully saturated rings. The van der Waals surface area contributed by atoms with E-state index >= 15 is 0 Å². The molecule has 5 atom stereocenters. The van der Waals surface area contributed by atoms with Crippen LogP contribution in [0.4, 0.5) is 0 Å². The van der Waals surface area contributed by atoms with Gasteiger partial charge in [-0.1, -0.05) is 13.8 Å². The first-order valence-electron chi connectivity index (χ1n) is 8.12. The van der Waals surface area contributed by atoms with Gasteiger partial charge in [-0.25, -0.2) is 0 Å². The molecule has 0 aromatic heterocycles. The smallest absolute Gasteiger partial charge is 0.331 e. The molecule has 2 heterocycles. The van der Waals surface area contributed by atoms with Gasteiger partial charge in [-0.3, -0.25) is 9.09 Å². The molecular weight excluding hydrogens is 295 g/mol. The summed E-state index contributed by atoms with van der Waals surface area (Å²) in [6, 6.07) is 0. The number of hydrogen-bond acceptors (Lipinski definition) is 5. The second-order valence-electron chi connectivity index (χ2n) is 6.76. The van der Waals surface area contributed by atoms with Crippen molar-refractivity contribution in [3.8, 4) is 0 Å². The lowest BCUT2D eigenvalue weighted by molar-refractivity contribution is -0.192. The predicted molar refractivity (Wildman–Crippen MR) is 76.4 cm³/mol. The molecule has 7 heteroatoms. The molecule has 1 saturated carbocycles. The third-order valence-electron chi connectivity index (χ3n) is 4.56. The fourth-order valence-corrected chi connectivity index (χ4v) is 3.89. The van der Waals surface area contributed by atoms with Gasteiger partial charge in [-0.05, 0) is 26.7 Å². The monoisotopic (exact) mass is 322 g/mol. The SMILES string of the molecule is [3H][C@@H]1O[C@]2(COC(C)C)C(OP(=O)(O)C(C)C)[C@@H]1OC21CC1. The minimum absolute atomic E-state index is 0.00992. The van der Waals surface area contributed by atoms with Crippen molar-refractivity contribution < 1.29 is 29.6 Å². The Balaban J connectivity index is 1.89. The van der Waals surface area contributed by atoms with Crippen molar-refractivity contribution in [3.63, 3.8) is 0 Å². The minimum atomic E-state index is -3.79. The Labute approximate surface area is 127 Å². The molecule has 3 rings (SSSR count). The van der Waals surface area contributed by atoms with Crippen LogP contribution in [0.5, 0.6) is 0 Å². The fraction of sp³-hybridized carbons (Fsp3) is 1.00. The van der Waals surface area contributed by atoms with Gasteiger partial charge in [0.25, 0.3) is 0 Å². The Morgan fingerprint density at radius 2 is 2.10 bits per heavy atom. The summed E-state index contributed by atoms with van der Waals surface area (Å²) >= 11 is 0. The topological polar surface area (TPSA) is 74.2 Å². The molecule has 2 bridgehead atoms. The molecule has 0 aromatic carbocycles. The van der Waals surface area contributed by atoms with Crippen molar-refractivity contribution >= 4 is 7.60 Å². The lowest BCUT2D eigenvalue weighted by atomic mass is 9.91. The Morgan fingerprint density at radius 1 is 1.43 bits per heavy atom. The molecule has 1 N–H and O–H groups in total. The van der Waals surface area contributed by atoms with E-state index in [9.17, 15) is 9.46 Å². The summed E-state index contributed by atoms with van der Waals surface area (Å²) in [5.41, 5.74) is -2.00. The van der Waals surface area contributed by atoms with Gasteiger partial charge in [-0.2, -0.15) is 0 Å². The lowest BCUT2D eigenvalue weighted by Crippen LogP contribution is -2.53. The van der Waals surface area contributed by atoms with Crippen molar-refractivity contribution in [2.45, 2.75) is 75.7 Å². The first kappa shape index (κ1) is 14.6. The van der Waals surface area contributed by atoms with Crippen LogP contribution in [0.3, 0.4) is 0 Å². The molecule has 2 saturated heterocycles. The van der Waals surface area contributed by atoms with Crippen LogP contribution in [0, 0.1) is 0 Å². The van der Waals surface area contributed by atoms with E-state index in [-0.39, 0.29) is 12.7 Å². The number of fused-ring (bicyclic) bond motifs is 3. The second-order valence-corrected chi connectivity index (χ2v) is 9.14. The van der Waals surface area contributed by atoms with Crippen molar-refractivity contribution in [1.82, 2.24) is 0 Å². The van der Waals surface area contributed by atoms with Gasteiger partial charge in [0.2, 0.25) is 0 Å². The van der Waals surface area contributed by atoms with Crippen LogP contribution in [0.1, 0.15) is 41.9 Å². The molecule has 0 aromatic rings. The number of hydrogen-bond donors (Lipinski definition) is 1. The van der Waals surface area contributed by atoms with Crippen LogP contribution in [0.25, 0.3) is 0 Å². The normalized spacial score (nSPS) is 43.6. The van der Waals surface area contributed by atoms with Crippen molar-refractivity contribution in [1.29, 1.82) is 0 Å². The highest BCUT2D eigenvalue weighted by Crippen LogP contribution is 2.64. The highest BCUT2D eigenvalue weighted by atomic mass is 31.2. The molecule has 2 unspecified atom stereocenters. The van der Waals surface area contributed by atoms with Gasteiger partial charge < -0.3 is 19.1 Å². The summed E-state index contributed by atoms with van der Waals surface area (Å²) in [6.45, 7) is 6.40. The van der Waals surface area contributed by atoms with Crippen LogP contribution in [0.2, 0.25) is 0 Å². The Morgan fingerprint density at radius 3 is 2.62 bits per heavy atom. The summed E-state index contributed by atoms with van der Waals surface area (Å²) in [7, 11) is -3.79. The van der Waals surface area contributed by atoms with E-state index in [1.165, 1.54) is 0 Å². The molecule has 1 spiro atoms. The lowest BCUT2D eigenvalue weighted by Gasteiger charge is -2.37. The van der Waals surface area contributed by atoms with E-state index in [0.717, 1.165) is 12.8 Å². The zero-order chi connectivity index (χ0) is 16.3. The van der Waals surface area contributed by atoms with Crippen molar-refractivity contribution in [3.05, 3.63) is 0 Å². The third-order valence-corrected chi connectivity index (χ3v) is 6.39. The Kier molecular flexibility index (Phi) is 3.49. The average molecular weight is 322 g/mol. The second kappa shape index (κ2) is 5.02. The molecule has 122 valence electrons. The first-order valence-corrected chi connectivity index (χ1v) is 9.19. The number of rotatable bonds is 6. The van der Waals surface area contributed by atoms with Crippen LogP contribution in [-0.2, 0) is 23.3 Å². The predicted octanol–water partition coefficient (Wildman–Crippen LogP) is 2.09. The quantitative estimate of drug-likeness (QED) is 0.755. The van der Waals surface area contributed by atoms with E-state index in [2.05, 4.69) is 0 Å². The van der Waals surface area contributed by atoms with Crippen LogP contribution in [-0.4, -0.2) is 53.3 Å². The maximum Gasteiger partial charge on any atom is 0.331 e. The molecule has 21 heavy (non-hydrogen) atoms. The van der Waals surface area contributed by atoms with Gasteiger partial charge in [0.05, 0.1) is 26.3 Å². The summed E-state index contributed by atoms with van der Waals surface area (Å²) in [4.78, 5) is 10.1. The van der Waals surface area contributed by atoms with E-state index in [1.54, 1.807) is 13.8 Å². The van der Waals surface area contributed by atoms with E-state index < -0.39 is 43.2 Å². The van der Waals surface area contributed by atoms with Crippen LogP contribution < -0.4 is 0 Å². The molecule has 3 aliphatic rings. The first-order chi connectivity index (χ1) is 10.1. The van der Waals surface area contributed by atoms with E-state index in [0.29, 0.717) is 0 Å². The van der Waals surface area contributed by atoms with Gasteiger partial charge in [0.15, 0.2) is 0 Å². The highest BCUT2D eigenvalue weighted by Gasteiger charge is 2.77. The van der Waals surface area contributed by atoms with Gasteiger partial charge >= 0.3 is 7.60 Å². The molecule has 2 aliphatic heterocycles. The average Bonchev–Trinajstić information content (AvgIpc) is 3.08. The molecule has 6 nitrogen and oxygen atoms in total. The zero-order valence-corrected chi connectivity index (χ0v) is 13.8. The van der Waals surface area contributed by atoms with Gasteiger partial charge in [0.1, 0.15) is 23.4 Å². The summed E-state index contributed by atoms with van der Waals surface area (Å²) in [5.74, 6) is 0. The Bertz CT molecular complexity index is 494. The maximum atomic E-state index is 12.3. The van der Waals surface area contributed by atoms with E-state index in [1.807, 2.05) is 13.8 Å². The standard InChI is InChI=1S/C14H25O6P/c1-9(2)17-8-14-12(20-21(15,16)10(3)4)11(7-18-14)19-13(14)5-6-13/h9-12H,5-8H2,1-4H3,(H,15,16)/t11-,12?,14-/m1/s1/i7T/t7-,11+,12?,14+/m0. The number of ether oxygens (including phenoxy) is 3. The molecule has 1 aliphatic carbocycles. The fourth-order valence-electron chi connectivity index (χ4n) is 3.03. The van der Waals surface area contributed by atoms with Crippen molar-refractivity contribution in [2.75, 3.05) is 13.2 Å². The third kappa shape index (κ3) is 2.41. The molecular formula is C14H25O6P. The molecule has 0 radical (unpaired) electrons. The molecule has 0 amide bonds. The van der Waals surface area contributed by atoms with E-state index in [4.69, 9.17) is 20.1 Å². The summed E-state index contributed by atoms with van der Waals surface area (Å²) < 4.78 is 43.5. The maximum absolute atomic E-state index is 12.3. The summed E-state index contributed by atoms with van der Waals surface area (Å²) in [6.07, 6.45) is 0.209. The Hall–Kier alpha value is 0.0300. The van der Waals surface area contributed by atoms with Crippen LogP contribution >= 0.6 is 7.60 Å². The van der Waals surface area contributed by atoms with Gasteiger partial charge in [0, 0.05) is 0 Å². The van der Waals surface area contributed by atoms with Crippen molar-refractivity contribution in [2.24, 2.45) is 0 Å². The summed E-state index contributed by atoms with van der Waals surface area (Å²) in [5, 5.41) is 0. The highest BCUT2D eigenvalue weighted by molar-refractivity contribution is 7.53.